The van der Waals surface area contributed by atoms with Crippen LogP contribution in [0.25, 0.3) is 0 Å². The van der Waals surface area contributed by atoms with Crippen LogP contribution in [-0.2, 0) is 6.54 Å². The predicted molar refractivity (Wildman–Crippen MR) is 60.9 cm³/mol. The van der Waals surface area contributed by atoms with Gasteiger partial charge in [-0.1, -0.05) is 11.6 Å². The van der Waals surface area contributed by atoms with E-state index in [1.165, 1.54) is 13.2 Å². The summed E-state index contributed by atoms with van der Waals surface area (Å²) in [4.78, 5) is 1.86. The first-order valence-corrected chi connectivity index (χ1v) is 5.55. The third kappa shape index (κ3) is 2.31. The Labute approximate surface area is 103 Å². The van der Waals surface area contributed by atoms with Crippen molar-refractivity contribution in [2.24, 2.45) is 0 Å². The summed E-state index contributed by atoms with van der Waals surface area (Å²) in [7, 11) is 1.40. The van der Waals surface area contributed by atoms with Crippen LogP contribution >= 0.6 is 11.6 Å². The number of nitrogens with zero attached hydrogens (tertiary/aromatic N) is 1. The van der Waals surface area contributed by atoms with Gasteiger partial charge < -0.3 is 14.9 Å². The molecular weight excluding hydrogens is 249 g/mol. The Bertz CT molecular complexity index is 435. The number of aliphatic hydroxyl groups excluding tert-OH is 1. The molecule has 17 heavy (non-hydrogen) atoms. The smallest absolute Gasteiger partial charge is 0.153 e. The number of phenols is 1. The van der Waals surface area contributed by atoms with Crippen LogP contribution in [0.5, 0.6) is 11.5 Å². The molecule has 1 saturated heterocycles. The number of methoxy groups -OCH3 is 1. The molecule has 0 saturated carbocycles. The molecule has 1 fully saturated rings. The number of hydrogen-bond acceptors (Lipinski definition) is 4. The van der Waals surface area contributed by atoms with Crippen molar-refractivity contribution in [2.75, 3.05) is 20.2 Å². The van der Waals surface area contributed by atoms with Crippen LogP contribution in [0.2, 0.25) is 5.02 Å². The molecule has 0 aliphatic carbocycles. The van der Waals surface area contributed by atoms with Gasteiger partial charge in [0, 0.05) is 31.3 Å². The summed E-state index contributed by atoms with van der Waals surface area (Å²) in [6.45, 7) is 1.30. The van der Waals surface area contributed by atoms with Gasteiger partial charge in [0.2, 0.25) is 0 Å². The molecule has 1 aliphatic rings. The van der Waals surface area contributed by atoms with E-state index in [1.54, 1.807) is 0 Å². The average Bonchev–Trinajstić information content (AvgIpc) is 2.27. The summed E-state index contributed by atoms with van der Waals surface area (Å²) in [5.74, 6) is -0.760. The molecule has 1 heterocycles. The van der Waals surface area contributed by atoms with Gasteiger partial charge in [0.05, 0.1) is 13.2 Å². The molecule has 4 nitrogen and oxygen atoms in total. The highest BCUT2D eigenvalue weighted by Crippen LogP contribution is 2.36. The van der Waals surface area contributed by atoms with Crippen LogP contribution in [-0.4, -0.2) is 41.4 Å². The van der Waals surface area contributed by atoms with E-state index >= 15 is 0 Å². The number of aliphatic hydroxyl groups is 1. The molecule has 0 spiro atoms. The topological polar surface area (TPSA) is 52.9 Å². The van der Waals surface area contributed by atoms with Gasteiger partial charge in [-0.2, -0.15) is 0 Å². The summed E-state index contributed by atoms with van der Waals surface area (Å²) < 4.78 is 18.9. The minimum Gasteiger partial charge on any atom is -0.506 e. The van der Waals surface area contributed by atoms with Crippen LogP contribution in [0.15, 0.2) is 6.07 Å². The monoisotopic (exact) mass is 261 g/mol. The van der Waals surface area contributed by atoms with Gasteiger partial charge in [0.15, 0.2) is 5.82 Å². The van der Waals surface area contributed by atoms with Gasteiger partial charge >= 0.3 is 0 Å². The lowest BCUT2D eigenvalue weighted by Crippen LogP contribution is -2.50. The number of halogens is 2. The molecule has 94 valence electrons. The fourth-order valence-corrected chi connectivity index (χ4v) is 2.02. The second-order valence-corrected chi connectivity index (χ2v) is 4.43. The highest BCUT2D eigenvalue weighted by atomic mass is 35.5. The van der Waals surface area contributed by atoms with Crippen molar-refractivity contribution in [1.82, 2.24) is 4.90 Å². The first-order chi connectivity index (χ1) is 8.02. The highest BCUT2D eigenvalue weighted by molar-refractivity contribution is 6.32. The molecule has 1 aliphatic heterocycles. The van der Waals surface area contributed by atoms with Crippen LogP contribution in [0.3, 0.4) is 0 Å². The summed E-state index contributed by atoms with van der Waals surface area (Å²) in [6, 6.07) is 1.29. The molecule has 0 bridgehead atoms. The Balaban J connectivity index is 2.28. The molecule has 1 aromatic carbocycles. The van der Waals surface area contributed by atoms with Gasteiger partial charge in [0.25, 0.3) is 0 Å². The molecule has 0 aromatic heterocycles. The Kier molecular flexibility index (Phi) is 3.42. The van der Waals surface area contributed by atoms with Crippen molar-refractivity contribution in [1.29, 1.82) is 0 Å². The normalized spacial score (nSPS) is 16.9. The molecule has 2 rings (SSSR count). The molecule has 0 unspecified atom stereocenters. The van der Waals surface area contributed by atoms with E-state index in [0.717, 1.165) is 0 Å². The summed E-state index contributed by atoms with van der Waals surface area (Å²) >= 11 is 5.64. The van der Waals surface area contributed by atoms with Crippen molar-refractivity contribution in [3.05, 3.63) is 22.5 Å². The van der Waals surface area contributed by atoms with Gasteiger partial charge in [-0.25, -0.2) is 4.39 Å². The molecule has 0 radical (unpaired) electrons. The van der Waals surface area contributed by atoms with E-state index in [-0.39, 0.29) is 22.6 Å². The van der Waals surface area contributed by atoms with E-state index in [1.807, 2.05) is 4.90 Å². The molecule has 1 aromatic rings. The number of phenolic OH excluding ortho intramolecular Hbond substituents is 1. The zero-order chi connectivity index (χ0) is 12.6. The van der Waals surface area contributed by atoms with E-state index < -0.39 is 5.82 Å². The van der Waals surface area contributed by atoms with Crippen molar-refractivity contribution in [2.45, 2.75) is 12.6 Å². The van der Waals surface area contributed by atoms with E-state index in [0.29, 0.717) is 25.2 Å². The zero-order valence-electron chi connectivity index (χ0n) is 9.28. The minimum absolute atomic E-state index is 0.255. The quantitative estimate of drug-likeness (QED) is 0.863. The zero-order valence-corrected chi connectivity index (χ0v) is 10.0. The lowest BCUT2D eigenvalue weighted by molar-refractivity contribution is -0.00381. The maximum Gasteiger partial charge on any atom is 0.153 e. The lowest BCUT2D eigenvalue weighted by atomic mass is 10.1. The fraction of sp³-hybridized carbons (Fsp3) is 0.455. The number of hydrogen-bond donors (Lipinski definition) is 2. The number of β-amino-alcohol motifs (C(OH)–C–C–N with tert-alkyl or cyclic N) is 1. The van der Waals surface area contributed by atoms with Crippen molar-refractivity contribution < 1.29 is 19.3 Å². The first-order valence-electron chi connectivity index (χ1n) is 5.17. The van der Waals surface area contributed by atoms with Gasteiger partial charge in [0.1, 0.15) is 16.5 Å². The van der Waals surface area contributed by atoms with E-state index in [4.69, 9.17) is 21.4 Å². The van der Waals surface area contributed by atoms with Crippen LogP contribution < -0.4 is 4.74 Å². The number of ether oxygens (including phenoxy) is 1. The van der Waals surface area contributed by atoms with Crippen LogP contribution in [0.4, 0.5) is 4.39 Å². The largest absolute Gasteiger partial charge is 0.506 e. The van der Waals surface area contributed by atoms with E-state index in [9.17, 15) is 9.50 Å². The second kappa shape index (κ2) is 4.68. The number of likely N-dealkylation sites (tertiary alicyclic amines) is 1. The fourth-order valence-electron chi connectivity index (χ4n) is 1.85. The minimum atomic E-state index is -0.676. The Hall–Kier alpha value is -1.04. The number of aromatic hydroxyl groups is 1. The SMILES string of the molecule is COc1cc(O)c(Cl)c(F)c1CN1CC(O)C1. The maximum atomic E-state index is 13.9. The first kappa shape index (κ1) is 12.4. The van der Waals surface area contributed by atoms with Gasteiger partial charge in [-0.3, -0.25) is 4.90 Å². The van der Waals surface area contributed by atoms with Crippen LogP contribution in [0.1, 0.15) is 5.56 Å². The lowest BCUT2D eigenvalue weighted by Gasteiger charge is -2.36. The summed E-state index contributed by atoms with van der Waals surface area (Å²) in [5.41, 5.74) is 0.294. The third-order valence-electron chi connectivity index (χ3n) is 2.79. The van der Waals surface area contributed by atoms with Crippen molar-refractivity contribution >= 4 is 11.6 Å². The Morgan fingerprint density at radius 1 is 1.59 bits per heavy atom. The molecular formula is C11H13ClFNO3. The number of rotatable bonds is 3. The van der Waals surface area contributed by atoms with Crippen molar-refractivity contribution in [3.63, 3.8) is 0 Å². The maximum absolute atomic E-state index is 13.9. The Morgan fingerprint density at radius 3 is 2.76 bits per heavy atom. The Morgan fingerprint density at radius 2 is 2.24 bits per heavy atom. The second-order valence-electron chi connectivity index (χ2n) is 4.05. The molecule has 6 heteroatoms. The van der Waals surface area contributed by atoms with Gasteiger partial charge in [-0.15, -0.1) is 0 Å². The summed E-state index contributed by atoms with van der Waals surface area (Å²) in [6.07, 6.45) is -0.350. The average molecular weight is 262 g/mol. The van der Waals surface area contributed by atoms with Crippen LogP contribution in [0, 0.1) is 5.82 Å². The standard InChI is InChI=1S/C11H13ClFNO3/c1-17-9-2-8(16)10(12)11(13)7(9)5-14-3-6(15)4-14/h2,6,15-16H,3-5H2,1H3. The van der Waals surface area contributed by atoms with Crippen molar-refractivity contribution in [3.8, 4) is 11.5 Å². The number of benzene rings is 1. The highest BCUT2D eigenvalue weighted by Gasteiger charge is 2.27. The summed E-state index contributed by atoms with van der Waals surface area (Å²) in [5, 5.41) is 18.2. The third-order valence-corrected chi connectivity index (χ3v) is 3.15. The molecule has 2 N–H and O–H groups in total. The van der Waals surface area contributed by atoms with Gasteiger partial charge in [-0.05, 0) is 0 Å². The molecule has 0 atom stereocenters. The van der Waals surface area contributed by atoms with E-state index in [2.05, 4.69) is 0 Å². The molecule has 0 amide bonds. The predicted octanol–water partition coefficient (Wildman–Crippen LogP) is 1.37.